The highest BCUT2D eigenvalue weighted by Crippen LogP contribution is 2.21. The van der Waals surface area contributed by atoms with E-state index in [2.05, 4.69) is 5.32 Å². The lowest BCUT2D eigenvalue weighted by Crippen LogP contribution is -2.48. The largest absolute Gasteiger partial charge is 0.491 e. The van der Waals surface area contributed by atoms with Gasteiger partial charge in [-0.2, -0.15) is 0 Å². The van der Waals surface area contributed by atoms with Crippen LogP contribution in [0.2, 0.25) is 0 Å². The van der Waals surface area contributed by atoms with Gasteiger partial charge in [-0.1, -0.05) is 18.2 Å². The van der Waals surface area contributed by atoms with Gasteiger partial charge in [0.05, 0.1) is 18.5 Å². The van der Waals surface area contributed by atoms with E-state index in [4.69, 9.17) is 4.74 Å². The van der Waals surface area contributed by atoms with E-state index in [0.29, 0.717) is 0 Å². The van der Waals surface area contributed by atoms with Gasteiger partial charge in [-0.3, -0.25) is 9.10 Å². The number of sulfonamides is 1. The van der Waals surface area contributed by atoms with E-state index < -0.39 is 27.8 Å². The van der Waals surface area contributed by atoms with Crippen molar-refractivity contribution in [1.29, 1.82) is 0 Å². The van der Waals surface area contributed by atoms with E-state index >= 15 is 0 Å². The van der Waals surface area contributed by atoms with E-state index in [1.165, 1.54) is 19.1 Å². The number of hydrogen-bond acceptors (Lipinski definition) is 4. The number of hydrogen-bond donors (Lipinski definition) is 1. The minimum Gasteiger partial charge on any atom is -0.491 e. The maximum atomic E-state index is 13.1. The van der Waals surface area contributed by atoms with Gasteiger partial charge in [0.25, 0.3) is 0 Å². The Bertz CT molecular complexity index is 885. The third kappa shape index (κ3) is 5.68. The third-order valence-corrected chi connectivity index (χ3v) is 5.16. The Kier molecular flexibility index (Phi) is 6.79. The molecule has 0 radical (unpaired) electrons. The molecule has 1 unspecified atom stereocenters. The molecule has 0 aromatic heterocycles. The number of aryl methyl sites for hydroxylation is 1. The SMILES string of the molecule is Cc1ccccc1OCCNC(=O)C(C)N(c1ccc(F)cc1)S(C)(=O)=O. The molecule has 27 heavy (non-hydrogen) atoms. The van der Waals surface area contributed by atoms with Crippen LogP contribution in [0.4, 0.5) is 10.1 Å². The first-order chi connectivity index (χ1) is 12.7. The monoisotopic (exact) mass is 394 g/mol. The number of nitrogens with zero attached hydrogens (tertiary/aromatic N) is 1. The molecule has 0 aliphatic heterocycles. The zero-order chi connectivity index (χ0) is 20.0. The Morgan fingerprint density at radius 1 is 1.19 bits per heavy atom. The standard InChI is InChI=1S/C19H23FN2O4S/c1-14-6-4-5-7-18(14)26-13-12-21-19(23)15(2)22(27(3,24)25)17-10-8-16(20)9-11-17/h4-11,15H,12-13H2,1-3H3,(H,21,23). The fourth-order valence-electron chi connectivity index (χ4n) is 2.60. The van der Waals surface area contributed by atoms with Crippen LogP contribution in [0.3, 0.4) is 0 Å². The number of anilines is 1. The van der Waals surface area contributed by atoms with E-state index in [9.17, 15) is 17.6 Å². The van der Waals surface area contributed by atoms with E-state index in [-0.39, 0.29) is 18.8 Å². The van der Waals surface area contributed by atoms with Crippen molar-refractivity contribution < 1.29 is 22.3 Å². The molecule has 1 amide bonds. The molecule has 0 saturated heterocycles. The average Bonchev–Trinajstić information content (AvgIpc) is 2.60. The van der Waals surface area contributed by atoms with Crippen molar-refractivity contribution in [3.8, 4) is 5.75 Å². The molecule has 8 heteroatoms. The van der Waals surface area contributed by atoms with E-state index in [1.807, 2.05) is 31.2 Å². The molecule has 2 aromatic carbocycles. The Balaban J connectivity index is 1.98. The van der Waals surface area contributed by atoms with Crippen LogP contribution in [0.15, 0.2) is 48.5 Å². The first-order valence-corrected chi connectivity index (χ1v) is 10.3. The van der Waals surface area contributed by atoms with Gasteiger partial charge in [0.15, 0.2) is 0 Å². The number of carbonyl (C=O) groups excluding carboxylic acids is 1. The van der Waals surface area contributed by atoms with Crippen molar-refractivity contribution in [3.63, 3.8) is 0 Å². The molecule has 2 rings (SSSR count). The van der Waals surface area contributed by atoms with Gasteiger partial charge in [-0.05, 0) is 49.7 Å². The van der Waals surface area contributed by atoms with E-state index in [0.717, 1.165) is 34.0 Å². The summed E-state index contributed by atoms with van der Waals surface area (Å²) in [5, 5.41) is 2.66. The summed E-state index contributed by atoms with van der Waals surface area (Å²) < 4.78 is 44.0. The van der Waals surface area contributed by atoms with Gasteiger partial charge in [0.2, 0.25) is 15.9 Å². The van der Waals surface area contributed by atoms with Crippen LogP contribution >= 0.6 is 0 Å². The summed E-state index contributed by atoms with van der Waals surface area (Å²) in [7, 11) is -3.74. The molecule has 1 N–H and O–H groups in total. The van der Waals surface area contributed by atoms with Crippen molar-refractivity contribution in [3.05, 3.63) is 59.9 Å². The van der Waals surface area contributed by atoms with Crippen molar-refractivity contribution in [2.24, 2.45) is 0 Å². The minimum atomic E-state index is -3.74. The molecule has 0 saturated carbocycles. The fraction of sp³-hybridized carbons (Fsp3) is 0.316. The quantitative estimate of drug-likeness (QED) is 0.698. The van der Waals surface area contributed by atoms with Gasteiger partial charge in [0.1, 0.15) is 24.2 Å². The Labute approximate surface area is 159 Å². The first-order valence-electron chi connectivity index (χ1n) is 8.41. The molecular formula is C19H23FN2O4S. The molecule has 1 atom stereocenters. The van der Waals surface area contributed by atoms with Crippen LogP contribution in [0, 0.1) is 12.7 Å². The summed E-state index contributed by atoms with van der Waals surface area (Å²) in [6, 6.07) is 11.5. The maximum absolute atomic E-state index is 13.1. The maximum Gasteiger partial charge on any atom is 0.243 e. The number of para-hydroxylation sites is 1. The lowest BCUT2D eigenvalue weighted by Gasteiger charge is -2.28. The minimum absolute atomic E-state index is 0.220. The summed E-state index contributed by atoms with van der Waals surface area (Å²) in [6.45, 7) is 3.86. The second-order valence-electron chi connectivity index (χ2n) is 6.12. The van der Waals surface area contributed by atoms with Crippen molar-refractivity contribution in [2.75, 3.05) is 23.7 Å². The number of rotatable bonds is 8. The normalized spacial score (nSPS) is 12.3. The summed E-state index contributed by atoms with van der Waals surface area (Å²) in [5.41, 5.74) is 1.20. The van der Waals surface area contributed by atoms with Crippen molar-refractivity contribution in [2.45, 2.75) is 19.9 Å². The Morgan fingerprint density at radius 3 is 2.41 bits per heavy atom. The summed E-state index contributed by atoms with van der Waals surface area (Å²) in [6.07, 6.45) is 1.00. The highest BCUT2D eigenvalue weighted by Gasteiger charge is 2.28. The van der Waals surface area contributed by atoms with Crippen LogP contribution < -0.4 is 14.4 Å². The van der Waals surface area contributed by atoms with Gasteiger partial charge in [0, 0.05) is 0 Å². The zero-order valence-corrected chi connectivity index (χ0v) is 16.3. The molecule has 6 nitrogen and oxygen atoms in total. The average molecular weight is 394 g/mol. The van der Waals surface area contributed by atoms with Gasteiger partial charge in [-0.15, -0.1) is 0 Å². The molecule has 0 bridgehead atoms. The predicted octanol–water partition coefficient (Wildman–Crippen LogP) is 2.48. The molecule has 0 fully saturated rings. The Hall–Kier alpha value is -2.61. The molecule has 0 aliphatic carbocycles. The number of halogens is 1. The number of carbonyl (C=O) groups is 1. The second-order valence-corrected chi connectivity index (χ2v) is 7.98. The number of amides is 1. The zero-order valence-electron chi connectivity index (χ0n) is 15.5. The summed E-state index contributed by atoms with van der Waals surface area (Å²) >= 11 is 0. The smallest absolute Gasteiger partial charge is 0.243 e. The van der Waals surface area contributed by atoms with E-state index in [1.54, 1.807) is 0 Å². The fourth-order valence-corrected chi connectivity index (χ4v) is 3.77. The van der Waals surface area contributed by atoms with Crippen molar-refractivity contribution in [1.82, 2.24) is 5.32 Å². The van der Waals surface area contributed by atoms with Gasteiger partial charge in [-0.25, -0.2) is 12.8 Å². The van der Waals surface area contributed by atoms with Crippen LogP contribution in [0.1, 0.15) is 12.5 Å². The molecule has 2 aromatic rings. The van der Waals surface area contributed by atoms with Crippen LogP contribution in [0.5, 0.6) is 5.75 Å². The van der Waals surface area contributed by atoms with Crippen molar-refractivity contribution >= 4 is 21.6 Å². The molecule has 0 aliphatic rings. The van der Waals surface area contributed by atoms with Gasteiger partial charge >= 0.3 is 0 Å². The Morgan fingerprint density at radius 2 is 1.81 bits per heavy atom. The molecule has 0 heterocycles. The number of benzene rings is 2. The molecule has 0 spiro atoms. The van der Waals surface area contributed by atoms with Crippen LogP contribution in [-0.4, -0.2) is 39.8 Å². The van der Waals surface area contributed by atoms with Crippen LogP contribution in [0.25, 0.3) is 0 Å². The number of ether oxygens (including phenoxy) is 1. The summed E-state index contributed by atoms with van der Waals surface area (Å²) in [4.78, 5) is 12.4. The third-order valence-electron chi connectivity index (χ3n) is 3.92. The highest BCUT2D eigenvalue weighted by atomic mass is 32.2. The first kappa shape index (κ1) is 20.7. The molecular weight excluding hydrogens is 371 g/mol. The lowest BCUT2D eigenvalue weighted by molar-refractivity contribution is -0.121. The molecule has 146 valence electrons. The second kappa shape index (κ2) is 8.85. The highest BCUT2D eigenvalue weighted by molar-refractivity contribution is 7.92. The van der Waals surface area contributed by atoms with Crippen LogP contribution in [-0.2, 0) is 14.8 Å². The number of nitrogens with one attached hydrogen (secondary N) is 1. The summed E-state index contributed by atoms with van der Waals surface area (Å²) in [5.74, 6) is -0.236. The predicted molar refractivity (Wildman–Crippen MR) is 103 cm³/mol. The topological polar surface area (TPSA) is 75.7 Å². The lowest BCUT2D eigenvalue weighted by atomic mass is 10.2. The van der Waals surface area contributed by atoms with Gasteiger partial charge < -0.3 is 10.1 Å².